The Bertz CT molecular complexity index is 158. The van der Waals surface area contributed by atoms with E-state index in [-0.39, 0.29) is 5.91 Å². The van der Waals surface area contributed by atoms with Crippen molar-refractivity contribution >= 4 is 5.91 Å². The summed E-state index contributed by atoms with van der Waals surface area (Å²) in [7, 11) is 0. The number of nitrogens with two attached hydrogens (primary N) is 2. The van der Waals surface area contributed by atoms with Crippen molar-refractivity contribution in [3.63, 3.8) is 0 Å². The molecule has 1 unspecified atom stereocenters. The second-order valence-electron chi connectivity index (χ2n) is 3.05. The molecule has 64 valence electrons. The zero-order chi connectivity index (χ0) is 8.43. The molecule has 4 N–H and O–H groups in total. The van der Waals surface area contributed by atoms with Gasteiger partial charge in [-0.15, -0.1) is 0 Å². The molecule has 1 rings (SSSR count). The number of carbonyl (C=O) groups is 1. The normalized spacial score (nSPS) is 24.7. The molecule has 1 aliphatic heterocycles. The average Bonchev–Trinajstić information content (AvgIpc) is 2.33. The lowest BCUT2D eigenvalue weighted by atomic mass is 10.2. The van der Waals surface area contributed by atoms with E-state index in [0.29, 0.717) is 6.04 Å². The van der Waals surface area contributed by atoms with Gasteiger partial charge in [-0.2, -0.15) is 0 Å². The van der Waals surface area contributed by atoms with Crippen molar-refractivity contribution in [3.05, 3.63) is 0 Å². The third-order valence-corrected chi connectivity index (χ3v) is 2.12. The molecular formula is C7H15N3O. The molecule has 0 saturated carbocycles. The largest absolute Gasteiger partial charge is 0.337 e. The summed E-state index contributed by atoms with van der Waals surface area (Å²) in [4.78, 5) is 13.0. The Kier molecular flexibility index (Phi) is 2.46. The monoisotopic (exact) mass is 157 g/mol. The van der Waals surface area contributed by atoms with Gasteiger partial charge in [-0.05, 0) is 19.8 Å². The molecule has 11 heavy (non-hydrogen) atoms. The number of rotatable bonds is 1. The fourth-order valence-electron chi connectivity index (χ4n) is 1.45. The molecule has 0 aromatic rings. The van der Waals surface area contributed by atoms with Crippen LogP contribution in [0.25, 0.3) is 0 Å². The maximum absolute atomic E-state index is 11.2. The van der Waals surface area contributed by atoms with Gasteiger partial charge >= 0.3 is 0 Å². The third-order valence-electron chi connectivity index (χ3n) is 2.12. The third kappa shape index (κ3) is 1.70. The molecular weight excluding hydrogens is 142 g/mol. The van der Waals surface area contributed by atoms with E-state index in [9.17, 15) is 4.79 Å². The highest BCUT2D eigenvalue weighted by Crippen LogP contribution is 2.16. The lowest BCUT2D eigenvalue weighted by Crippen LogP contribution is -2.49. The van der Waals surface area contributed by atoms with Crippen LogP contribution in [0.15, 0.2) is 0 Å². The van der Waals surface area contributed by atoms with Crippen molar-refractivity contribution in [1.82, 2.24) is 4.90 Å². The Morgan fingerprint density at radius 1 is 1.64 bits per heavy atom. The molecule has 1 saturated heterocycles. The maximum Gasteiger partial charge on any atom is 0.254 e. The smallest absolute Gasteiger partial charge is 0.254 e. The number of hydrogen-bond acceptors (Lipinski definition) is 3. The molecule has 1 aliphatic rings. The van der Waals surface area contributed by atoms with E-state index < -0.39 is 6.17 Å². The minimum atomic E-state index is -0.837. The summed E-state index contributed by atoms with van der Waals surface area (Å²) in [6.45, 7) is 2.83. The topological polar surface area (TPSA) is 72.3 Å². The maximum atomic E-state index is 11.2. The first-order valence-electron chi connectivity index (χ1n) is 3.94. The van der Waals surface area contributed by atoms with Crippen LogP contribution in [0.3, 0.4) is 0 Å². The molecule has 0 spiro atoms. The van der Waals surface area contributed by atoms with Crippen LogP contribution in [0, 0.1) is 0 Å². The predicted molar refractivity (Wildman–Crippen MR) is 42.6 cm³/mol. The van der Waals surface area contributed by atoms with E-state index in [4.69, 9.17) is 11.5 Å². The van der Waals surface area contributed by atoms with Gasteiger partial charge in [-0.3, -0.25) is 4.79 Å². The number of hydrogen-bond donors (Lipinski definition) is 2. The highest BCUT2D eigenvalue weighted by Gasteiger charge is 2.26. The second kappa shape index (κ2) is 3.19. The van der Waals surface area contributed by atoms with Crippen LogP contribution in [-0.2, 0) is 4.79 Å². The van der Waals surface area contributed by atoms with Crippen molar-refractivity contribution in [2.45, 2.75) is 32.0 Å². The van der Waals surface area contributed by atoms with Gasteiger partial charge in [0.15, 0.2) is 0 Å². The van der Waals surface area contributed by atoms with Crippen molar-refractivity contribution in [2.24, 2.45) is 11.5 Å². The second-order valence-corrected chi connectivity index (χ2v) is 3.05. The average molecular weight is 157 g/mol. The molecule has 1 atom stereocenters. The summed E-state index contributed by atoms with van der Waals surface area (Å²) in [6, 6.07) is 0.317. The Labute approximate surface area is 66.5 Å². The molecule has 1 fully saturated rings. The fraction of sp³-hybridized carbons (Fsp3) is 0.857. The Balaban J connectivity index is 2.53. The zero-order valence-corrected chi connectivity index (χ0v) is 6.79. The van der Waals surface area contributed by atoms with Crippen LogP contribution in [0.1, 0.15) is 19.8 Å². The number of nitrogens with zero attached hydrogens (tertiary/aromatic N) is 1. The molecule has 0 aliphatic carbocycles. The fourth-order valence-corrected chi connectivity index (χ4v) is 1.45. The lowest BCUT2D eigenvalue weighted by Gasteiger charge is -2.22. The minimum Gasteiger partial charge on any atom is -0.337 e. The first-order valence-corrected chi connectivity index (χ1v) is 3.94. The van der Waals surface area contributed by atoms with Crippen LogP contribution in [0.5, 0.6) is 0 Å². The van der Waals surface area contributed by atoms with Gasteiger partial charge in [-0.1, -0.05) is 0 Å². The summed E-state index contributed by atoms with van der Waals surface area (Å²) >= 11 is 0. The lowest BCUT2D eigenvalue weighted by molar-refractivity contribution is -0.132. The standard InChI is InChI=1S/C7H15N3O/c1-5-3-2-4-10(5)7(11)6(8)9/h5-6H,2-4,8-9H2,1H3. The SMILES string of the molecule is CC1CCCN1C(=O)C(N)N. The Hall–Kier alpha value is -0.610. The van der Waals surface area contributed by atoms with Crippen molar-refractivity contribution in [2.75, 3.05) is 6.54 Å². The van der Waals surface area contributed by atoms with Gasteiger partial charge in [0.05, 0.1) is 0 Å². The van der Waals surface area contributed by atoms with Crippen molar-refractivity contribution in [1.29, 1.82) is 0 Å². The Morgan fingerprint density at radius 2 is 2.27 bits per heavy atom. The molecule has 0 radical (unpaired) electrons. The molecule has 1 heterocycles. The summed E-state index contributed by atoms with van der Waals surface area (Å²) in [6.07, 6.45) is 1.30. The molecule has 0 aromatic heterocycles. The summed E-state index contributed by atoms with van der Waals surface area (Å²) < 4.78 is 0. The van der Waals surface area contributed by atoms with E-state index in [1.807, 2.05) is 6.92 Å². The van der Waals surface area contributed by atoms with Crippen LogP contribution in [0.4, 0.5) is 0 Å². The quantitative estimate of drug-likeness (QED) is 0.491. The molecule has 4 nitrogen and oxygen atoms in total. The highest BCUT2D eigenvalue weighted by atomic mass is 16.2. The van der Waals surface area contributed by atoms with Crippen LogP contribution < -0.4 is 11.5 Å². The van der Waals surface area contributed by atoms with Gasteiger partial charge in [0, 0.05) is 12.6 Å². The highest BCUT2D eigenvalue weighted by molar-refractivity contribution is 5.81. The summed E-state index contributed by atoms with van der Waals surface area (Å²) in [5.41, 5.74) is 10.5. The first-order chi connectivity index (χ1) is 5.13. The first kappa shape index (κ1) is 8.49. The van der Waals surface area contributed by atoms with E-state index in [1.54, 1.807) is 4.90 Å². The summed E-state index contributed by atoms with van der Waals surface area (Å²) in [5, 5.41) is 0. The Morgan fingerprint density at radius 3 is 2.64 bits per heavy atom. The van der Waals surface area contributed by atoms with E-state index in [2.05, 4.69) is 0 Å². The predicted octanol–water partition coefficient (Wildman–Crippen LogP) is -0.759. The van der Waals surface area contributed by atoms with E-state index in [1.165, 1.54) is 0 Å². The van der Waals surface area contributed by atoms with Gasteiger partial charge < -0.3 is 16.4 Å². The zero-order valence-electron chi connectivity index (χ0n) is 6.79. The molecule has 1 amide bonds. The van der Waals surface area contributed by atoms with Gasteiger partial charge in [0.1, 0.15) is 6.17 Å². The number of likely N-dealkylation sites (tertiary alicyclic amines) is 1. The number of amides is 1. The molecule has 0 aromatic carbocycles. The molecule has 4 heteroatoms. The van der Waals surface area contributed by atoms with Crippen LogP contribution in [-0.4, -0.2) is 29.6 Å². The van der Waals surface area contributed by atoms with Gasteiger partial charge in [0.25, 0.3) is 5.91 Å². The number of carbonyl (C=O) groups excluding carboxylic acids is 1. The summed E-state index contributed by atoms with van der Waals surface area (Å²) in [5.74, 6) is -0.130. The van der Waals surface area contributed by atoms with E-state index >= 15 is 0 Å². The molecule has 0 bridgehead atoms. The van der Waals surface area contributed by atoms with Crippen molar-refractivity contribution in [3.8, 4) is 0 Å². The van der Waals surface area contributed by atoms with Gasteiger partial charge in [-0.25, -0.2) is 0 Å². The van der Waals surface area contributed by atoms with Crippen LogP contribution in [0.2, 0.25) is 0 Å². The van der Waals surface area contributed by atoms with Crippen LogP contribution >= 0.6 is 0 Å². The minimum absolute atomic E-state index is 0.130. The van der Waals surface area contributed by atoms with Crippen molar-refractivity contribution < 1.29 is 4.79 Å². The van der Waals surface area contributed by atoms with Gasteiger partial charge in [0.2, 0.25) is 0 Å². The van der Waals surface area contributed by atoms with E-state index in [0.717, 1.165) is 19.4 Å².